The van der Waals surface area contributed by atoms with Gasteiger partial charge in [-0.1, -0.05) is 36.4 Å². The second-order valence-electron chi connectivity index (χ2n) is 7.83. The van der Waals surface area contributed by atoms with Gasteiger partial charge in [-0.15, -0.1) is 0 Å². The molecule has 5 rings (SSSR count). The van der Waals surface area contributed by atoms with Crippen molar-refractivity contribution in [1.82, 2.24) is 19.9 Å². The molecular formula is C26H23N5O. The summed E-state index contributed by atoms with van der Waals surface area (Å²) in [6.45, 7) is 1.30. The largest absolute Gasteiger partial charge is 0.340 e. The zero-order valence-corrected chi connectivity index (χ0v) is 17.6. The Balaban J connectivity index is 1.44. The molecule has 6 nitrogen and oxygen atoms in total. The molecule has 1 N–H and O–H groups in total. The summed E-state index contributed by atoms with van der Waals surface area (Å²) in [5.41, 5.74) is 3.42. The number of anilines is 2. The highest BCUT2D eigenvalue weighted by Crippen LogP contribution is 2.30. The number of nitrogens with one attached hydrogen (secondary N) is 1. The quantitative estimate of drug-likeness (QED) is 0.496. The highest BCUT2D eigenvalue weighted by atomic mass is 16.2. The maximum absolute atomic E-state index is 12.9. The van der Waals surface area contributed by atoms with Crippen molar-refractivity contribution >= 4 is 17.4 Å². The van der Waals surface area contributed by atoms with Crippen LogP contribution in [-0.4, -0.2) is 38.8 Å². The Morgan fingerprint density at radius 1 is 0.938 bits per heavy atom. The van der Waals surface area contributed by atoms with Gasteiger partial charge in [0, 0.05) is 54.3 Å². The van der Waals surface area contributed by atoms with E-state index in [1.54, 1.807) is 12.4 Å². The molecule has 2 aromatic heterocycles. The number of pyridine rings is 1. The predicted molar refractivity (Wildman–Crippen MR) is 125 cm³/mol. The molecule has 1 aliphatic rings. The van der Waals surface area contributed by atoms with Crippen LogP contribution in [0.2, 0.25) is 0 Å². The summed E-state index contributed by atoms with van der Waals surface area (Å²) < 4.78 is 0. The van der Waals surface area contributed by atoms with Gasteiger partial charge in [0.25, 0.3) is 5.91 Å². The van der Waals surface area contributed by atoms with Crippen LogP contribution in [0.3, 0.4) is 0 Å². The third-order valence-corrected chi connectivity index (χ3v) is 5.61. The van der Waals surface area contributed by atoms with Crippen molar-refractivity contribution in [3.8, 4) is 11.3 Å². The number of hydrogen-bond donors (Lipinski definition) is 1. The van der Waals surface area contributed by atoms with E-state index in [1.807, 2.05) is 83.8 Å². The van der Waals surface area contributed by atoms with Crippen LogP contribution >= 0.6 is 0 Å². The van der Waals surface area contributed by atoms with Crippen LogP contribution in [0.1, 0.15) is 28.5 Å². The molecule has 1 amide bonds. The molecule has 0 saturated carbocycles. The van der Waals surface area contributed by atoms with Gasteiger partial charge in [-0.3, -0.25) is 9.78 Å². The topological polar surface area (TPSA) is 71.0 Å². The molecule has 0 spiro atoms. The number of nitrogens with zero attached hydrogens (tertiary/aromatic N) is 4. The van der Waals surface area contributed by atoms with Gasteiger partial charge in [-0.05, 0) is 42.8 Å². The van der Waals surface area contributed by atoms with E-state index in [4.69, 9.17) is 9.97 Å². The average molecular weight is 422 g/mol. The normalized spacial score (nSPS) is 15.5. The fourth-order valence-corrected chi connectivity index (χ4v) is 3.96. The van der Waals surface area contributed by atoms with Crippen molar-refractivity contribution < 1.29 is 4.79 Å². The maximum atomic E-state index is 12.9. The summed E-state index contributed by atoms with van der Waals surface area (Å²) in [6, 6.07) is 25.2. The molecule has 1 saturated heterocycles. The summed E-state index contributed by atoms with van der Waals surface area (Å²) in [4.78, 5) is 28.7. The van der Waals surface area contributed by atoms with Gasteiger partial charge in [-0.25, -0.2) is 9.97 Å². The van der Waals surface area contributed by atoms with Crippen molar-refractivity contribution in [2.45, 2.75) is 12.3 Å². The number of benzene rings is 2. The summed E-state index contributed by atoms with van der Waals surface area (Å²) in [5, 5.41) is 3.39. The first kappa shape index (κ1) is 19.9. The number of hydrogen-bond acceptors (Lipinski definition) is 5. The Hall–Kier alpha value is -4.06. The molecule has 32 heavy (non-hydrogen) atoms. The van der Waals surface area contributed by atoms with E-state index in [9.17, 15) is 4.79 Å². The Bertz CT molecular complexity index is 1200. The van der Waals surface area contributed by atoms with Crippen LogP contribution in [0.25, 0.3) is 11.3 Å². The van der Waals surface area contributed by atoms with Crippen molar-refractivity contribution in [3.05, 3.63) is 103 Å². The first-order chi connectivity index (χ1) is 15.8. The van der Waals surface area contributed by atoms with Crippen molar-refractivity contribution in [2.75, 3.05) is 18.4 Å². The predicted octanol–water partition coefficient (Wildman–Crippen LogP) is 4.91. The average Bonchev–Trinajstić information content (AvgIpc) is 3.36. The van der Waals surface area contributed by atoms with Crippen molar-refractivity contribution in [2.24, 2.45) is 0 Å². The highest BCUT2D eigenvalue weighted by molar-refractivity contribution is 5.94. The maximum Gasteiger partial charge on any atom is 0.253 e. The Morgan fingerprint density at radius 3 is 2.47 bits per heavy atom. The summed E-state index contributed by atoms with van der Waals surface area (Å²) >= 11 is 0. The van der Waals surface area contributed by atoms with Gasteiger partial charge >= 0.3 is 0 Å². The van der Waals surface area contributed by atoms with E-state index >= 15 is 0 Å². The van der Waals surface area contributed by atoms with Crippen LogP contribution in [-0.2, 0) is 0 Å². The molecular weight excluding hydrogens is 398 g/mol. The minimum Gasteiger partial charge on any atom is -0.340 e. The number of likely N-dealkylation sites (tertiary alicyclic amines) is 1. The monoisotopic (exact) mass is 421 g/mol. The molecule has 0 bridgehead atoms. The number of aromatic nitrogens is 3. The first-order valence-corrected chi connectivity index (χ1v) is 10.7. The van der Waals surface area contributed by atoms with Crippen LogP contribution in [0, 0.1) is 0 Å². The van der Waals surface area contributed by atoms with E-state index in [0.29, 0.717) is 18.7 Å². The molecule has 6 heteroatoms. The van der Waals surface area contributed by atoms with Crippen LogP contribution in [0.4, 0.5) is 11.5 Å². The van der Waals surface area contributed by atoms with E-state index < -0.39 is 0 Å². The Morgan fingerprint density at radius 2 is 1.72 bits per heavy atom. The SMILES string of the molecule is O=C(c1ccccc1)N1CC[C@@H](c2nc(Nc3ccccc3)cc(-c3cccnc3)n2)C1. The fourth-order valence-electron chi connectivity index (χ4n) is 3.96. The van der Waals surface area contributed by atoms with Crippen molar-refractivity contribution in [1.29, 1.82) is 0 Å². The molecule has 0 unspecified atom stereocenters. The lowest BCUT2D eigenvalue weighted by Crippen LogP contribution is -2.28. The minimum absolute atomic E-state index is 0.0548. The fraction of sp³-hybridized carbons (Fsp3) is 0.154. The highest BCUT2D eigenvalue weighted by Gasteiger charge is 2.30. The van der Waals surface area contributed by atoms with E-state index in [-0.39, 0.29) is 11.8 Å². The summed E-state index contributed by atoms with van der Waals surface area (Å²) in [6.07, 6.45) is 4.39. The third-order valence-electron chi connectivity index (χ3n) is 5.61. The lowest BCUT2D eigenvalue weighted by molar-refractivity contribution is 0.0790. The molecule has 2 aromatic carbocycles. The second-order valence-corrected chi connectivity index (χ2v) is 7.83. The van der Waals surface area contributed by atoms with E-state index in [2.05, 4.69) is 10.3 Å². The summed E-state index contributed by atoms with van der Waals surface area (Å²) in [7, 11) is 0. The van der Waals surface area contributed by atoms with Gasteiger partial charge in [0.1, 0.15) is 11.6 Å². The number of para-hydroxylation sites is 1. The molecule has 1 fully saturated rings. The molecule has 3 heterocycles. The van der Waals surface area contributed by atoms with Gasteiger partial charge in [0.15, 0.2) is 0 Å². The van der Waals surface area contributed by atoms with Crippen LogP contribution in [0.5, 0.6) is 0 Å². The zero-order valence-electron chi connectivity index (χ0n) is 17.6. The smallest absolute Gasteiger partial charge is 0.253 e. The van der Waals surface area contributed by atoms with Gasteiger partial charge in [0.05, 0.1) is 5.69 Å². The standard InChI is InChI=1S/C26H23N5O/c32-26(19-8-3-1-4-9-19)31-15-13-21(18-31)25-29-23(20-10-7-14-27-17-20)16-24(30-25)28-22-11-5-2-6-12-22/h1-12,14,16-17,21H,13,15,18H2,(H,28,29,30)/t21-/m1/s1. The van der Waals surface area contributed by atoms with Crippen molar-refractivity contribution in [3.63, 3.8) is 0 Å². The number of amides is 1. The van der Waals surface area contributed by atoms with Crippen LogP contribution in [0.15, 0.2) is 91.3 Å². The molecule has 0 radical (unpaired) electrons. The van der Waals surface area contributed by atoms with Crippen LogP contribution < -0.4 is 5.32 Å². The molecule has 158 valence electrons. The van der Waals surface area contributed by atoms with Gasteiger partial charge in [0.2, 0.25) is 0 Å². The lowest BCUT2D eigenvalue weighted by atomic mass is 10.1. The number of carbonyl (C=O) groups is 1. The Labute approximate surface area is 187 Å². The lowest BCUT2D eigenvalue weighted by Gasteiger charge is -2.17. The molecule has 0 aliphatic carbocycles. The molecule has 1 atom stereocenters. The first-order valence-electron chi connectivity index (χ1n) is 10.7. The zero-order chi connectivity index (χ0) is 21.8. The minimum atomic E-state index is 0.0548. The van der Waals surface area contributed by atoms with E-state index in [0.717, 1.165) is 35.0 Å². The van der Waals surface area contributed by atoms with Gasteiger partial charge < -0.3 is 10.2 Å². The Kier molecular flexibility index (Phi) is 5.58. The summed E-state index contributed by atoms with van der Waals surface area (Å²) in [5.74, 6) is 1.61. The van der Waals surface area contributed by atoms with Gasteiger partial charge in [-0.2, -0.15) is 0 Å². The third kappa shape index (κ3) is 4.34. The number of rotatable bonds is 5. The van der Waals surface area contributed by atoms with E-state index in [1.165, 1.54) is 0 Å². The second kappa shape index (κ2) is 8.98. The molecule has 4 aromatic rings. The molecule has 1 aliphatic heterocycles. The number of carbonyl (C=O) groups excluding carboxylic acids is 1.